The summed E-state index contributed by atoms with van der Waals surface area (Å²) in [5.41, 5.74) is 7.44. The van der Waals surface area contributed by atoms with Gasteiger partial charge < -0.3 is 15.5 Å². The number of aromatic nitrogens is 1. The topological polar surface area (TPSA) is 62.5 Å². The molecule has 98 valence electrons. The predicted octanol–water partition coefficient (Wildman–Crippen LogP) is 0.711. The predicted molar refractivity (Wildman–Crippen MR) is 71.7 cm³/mol. The number of nitrogens with zero attached hydrogens (tertiary/aromatic N) is 3. The van der Waals surface area contributed by atoms with Gasteiger partial charge in [-0.2, -0.15) is 0 Å². The number of pyridine rings is 1. The third-order valence-corrected chi connectivity index (χ3v) is 3.27. The Morgan fingerprint density at radius 1 is 1.44 bits per heavy atom. The molecule has 18 heavy (non-hydrogen) atoms. The number of nitrogens with two attached hydrogens (primary N) is 1. The van der Waals surface area contributed by atoms with Gasteiger partial charge in [0.05, 0.1) is 0 Å². The lowest BCUT2D eigenvalue weighted by Crippen LogP contribution is -2.39. The Balaban J connectivity index is 2.14. The van der Waals surface area contributed by atoms with E-state index in [1.807, 2.05) is 12.1 Å². The molecule has 1 aliphatic heterocycles. The summed E-state index contributed by atoms with van der Waals surface area (Å²) in [5.74, 6) is -0.0643. The van der Waals surface area contributed by atoms with Crippen molar-refractivity contribution < 1.29 is 4.79 Å². The molecule has 1 aromatic heterocycles. The first kappa shape index (κ1) is 12.8. The molecule has 0 atom stereocenters. The van der Waals surface area contributed by atoms with Gasteiger partial charge in [-0.1, -0.05) is 0 Å². The minimum absolute atomic E-state index is 0.0643. The highest BCUT2D eigenvalue weighted by Crippen LogP contribution is 2.19. The molecule has 2 rings (SSSR count). The largest absolute Gasteiger partial charge is 0.371 e. The van der Waals surface area contributed by atoms with Crippen LogP contribution in [-0.4, -0.2) is 49.0 Å². The molecule has 0 spiro atoms. The Labute approximate surface area is 108 Å². The van der Waals surface area contributed by atoms with Crippen LogP contribution in [0.15, 0.2) is 18.3 Å². The van der Waals surface area contributed by atoms with Crippen molar-refractivity contribution in [1.29, 1.82) is 0 Å². The van der Waals surface area contributed by atoms with Crippen LogP contribution < -0.4 is 10.6 Å². The van der Waals surface area contributed by atoms with Gasteiger partial charge in [0.15, 0.2) is 0 Å². The van der Waals surface area contributed by atoms with E-state index in [1.54, 1.807) is 20.3 Å². The molecule has 1 saturated heterocycles. The molecule has 0 unspecified atom stereocenters. The van der Waals surface area contributed by atoms with E-state index in [1.165, 1.54) is 4.90 Å². The van der Waals surface area contributed by atoms with Crippen LogP contribution >= 0.6 is 0 Å². The summed E-state index contributed by atoms with van der Waals surface area (Å²) in [6, 6.07) is 4.12. The first-order valence-corrected chi connectivity index (χ1v) is 6.26. The average Bonchev–Trinajstić information content (AvgIpc) is 2.38. The summed E-state index contributed by atoms with van der Waals surface area (Å²) in [5, 5.41) is 0. The zero-order valence-electron chi connectivity index (χ0n) is 11.0. The molecule has 1 fully saturated rings. The fraction of sp³-hybridized carbons (Fsp3) is 0.538. The molecule has 0 aliphatic carbocycles. The molecule has 1 aliphatic rings. The van der Waals surface area contributed by atoms with Gasteiger partial charge in [0.2, 0.25) is 0 Å². The van der Waals surface area contributed by atoms with Crippen LogP contribution in [0, 0.1) is 0 Å². The van der Waals surface area contributed by atoms with Gasteiger partial charge >= 0.3 is 0 Å². The maximum atomic E-state index is 11.9. The minimum atomic E-state index is -0.0643. The highest BCUT2D eigenvalue weighted by atomic mass is 16.2. The number of hydrogen-bond donors (Lipinski definition) is 1. The molecule has 0 saturated carbocycles. The van der Waals surface area contributed by atoms with Gasteiger partial charge in [0, 0.05) is 45.1 Å². The molecule has 5 heteroatoms. The Bertz CT molecular complexity index is 425. The number of hydrogen-bond acceptors (Lipinski definition) is 4. The van der Waals surface area contributed by atoms with E-state index < -0.39 is 0 Å². The normalized spacial score (nSPS) is 16.7. The van der Waals surface area contributed by atoms with Gasteiger partial charge in [0.1, 0.15) is 5.69 Å². The molecule has 2 N–H and O–H groups in total. The van der Waals surface area contributed by atoms with E-state index in [2.05, 4.69) is 9.88 Å². The van der Waals surface area contributed by atoms with Crippen LogP contribution in [0.3, 0.4) is 0 Å². The van der Waals surface area contributed by atoms with Crippen molar-refractivity contribution in [2.24, 2.45) is 5.73 Å². The number of rotatable bonds is 2. The third-order valence-electron chi connectivity index (χ3n) is 3.27. The molecule has 0 aromatic carbocycles. The molecule has 0 bridgehead atoms. The van der Waals surface area contributed by atoms with Crippen molar-refractivity contribution in [3.63, 3.8) is 0 Å². The van der Waals surface area contributed by atoms with E-state index in [-0.39, 0.29) is 5.91 Å². The molecule has 1 aromatic rings. The summed E-state index contributed by atoms with van der Waals surface area (Å²) in [7, 11) is 3.47. The maximum absolute atomic E-state index is 11.9. The SMILES string of the molecule is CN(C)C(=O)c1cc(N2CCC(N)CC2)ccn1. The number of carbonyl (C=O) groups is 1. The highest BCUT2D eigenvalue weighted by Gasteiger charge is 2.18. The van der Waals surface area contributed by atoms with E-state index in [4.69, 9.17) is 5.73 Å². The average molecular weight is 248 g/mol. The quantitative estimate of drug-likeness (QED) is 0.837. The summed E-state index contributed by atoms with van der Waals surface area (Å²) < 4.78 is 0. The van der Waals surface area contributed by atoms with E-state index in [0.29, 0.717) is 11.7 Å². The smallest absolute Gasteiger partial charge is 0.272 e. The van der Waals surface area contributed by atoms with Crippen LogP contribution in [0.25, 0.3) is 0 Å². The number of piperidine rings is 1. The zero-order valence-corrected chi connectivity index (χ0v) is 11.0. The van der Waals surface area contributed by atoms with E-state index >= 15 is 0 Å². The molecule has 1 amide bonds. The van der Waals surface area contributed by atoms with Gasteiger partial charge in [-0.15, -0.1) is 0 Å². The second-order valence-electron chi connectivity index (χ2n) is 4.92. The lowest BCUT2D eigenvalue weighted by Gasteiger charge is -2.32. The summed E-state index contributed by atoms with van der Waals surface area (Å²) in [6.45, 7) is 1.89. The zero-order chi connectivity index (χ0) is 13.1. The molecular weight excluding hydrogens is 228 g/mol. The first-order valence-electron chi connectivity index (χ1n) is 6.26. The van der Waals surface area contributed by atoms with Crippen molar-refractivity contribution >= 4 is 11.6 Å². The second-order valence-corrected chi connectivity index (χ2v) is 4.92. The number of carbonyl (C=O) groups excluding carboxylic acids is 1. The van der Waals surface area contributed by atoms with Crippen molar-refractivity contribution in [1.82, 2.24) is 9.88 Å². The Kier molecular flexibility index (Phi) is 3.81. The summed E-state index contributed by atoms with van der Waals surface area (Å²) in [4.78, 5) is 19.8. The van der Waals surface area contributed by atoms with E-state index in [9.17, 15) is 4.79 Å². The second kappa shape index (κ2) is 5.35. The minimum Gasteiger partial charge on any atom is -0.371 e. The highest BCUT2D eigenvalue weighted by molar-refractivity contribution is 5.92. The fourth-order valence-electron chi connectivity index (χ4n) is 2.12. The molecule has 5 nitrogen and oxygen atoms in total. The lowest BCUT2D eigenvalue weighted by atomic mass is 10.1. The summed E-state index contributed by atoms with van der Waals surface area (Å²) >= 11 is 0. The number of amides is 1. The van der Waals surface area contributed by atoms with Crippen LogP contribution in [0.1, 0.15) is 23.3 Å². The Morgan fingerprint density at radius 3 is 2.72 bits per heavy atom. The van der Waals surface area contributed by atoms with Gasteiger partial charge in [-0.3, -0.25) is 9.78 Å². The van der Waals surface area contributed by atoms with Gasteiger partial charge in [0.25, 0.3) is 5.91 Å². The first-order chi connectivity index (χ1) is 8.58. The van der Waals surface area contributed by atoms with Crippen molar-refractivity contribution in [3.05, 3.63) is 24.0 Å². The van der Waals surface area contributed by atoms with Crippen LogP contribution in [0.2, 0.25) is 0 Å². The van der Waals surface area contributed by atoms with Crippen molar-refractivity contribution in [2.45, 2.75) is 18.9 Å². The standard InChI is InChI=1S/C13H20N4O/c1-16(2)13(18)12-9-11(3-6-15-12)17-7-4-10(14)5-8-17/h3,6,9-10H,4-5,7-8,14H2,1-2H3. The molecular formula is C13H20N4O. The van der Waals surface area contributed by atoms with Crippen molar-refractivity contribution in [3.8, 4) is 0 Å². The van der Waals surface area contributed by atoms with Crippen LogP contribution in [0.4, 0.5) is 5.69 Å². The lowest BCUT2D eigenvalue weighted by molar-refractivity contribution is 0.0822. The summed E-state index contributed by atoms with van der Waals surface area (Å²) in [6.07, 6.45) is 3.69. The Hall–Kier alpha value is -1.62. The molecule has 0 radical (unpaired) electrons. The monoisotopic (exact) mass is 248 g/mol. The maximum Gasteiger partial charge on any atom is 0.272 e. The Morgan fingerprint density at radius 2 is 2.11 bits per heavy atom. The van der Waals surface area contributed by atoms with Gasteiger partial charge in [-0.25, -0.2) is 0 Å². The third kappa shape index (κ3) is 2.79. The number of anilines is 1. The van der Waals surface area contributed by atoms with Crippen molar-refractivity contribution in [2.75, 3.05) is 32.1 Å². The van der Waals surface area contributed by atoms with E-state index in [0.717, 1.165) is 31.6 Å². The van der Waals surface area contributed by atoms with Gasteiger partial charge in [-0.05, 0) is 25.0 Å². The van der Waals surface area contributed by atoms with Crippen LogP contribution in [0.5, 0.6) is 0 Å². The van der Waals surface area contributed by atoms with Crippen LogP contribution in [-0.2, 0) is 0 Å². The fourth-order valence-corrected chi connectivity index (χ4v) is 2.12. The molecule has 2 heterocycles.